The van der Waals surface area contributed by atoms with E-state index in [2.05, 4.69) is 9.44 Å². The summed E-state index contributed by atoms with van der Waals surface area (Å²) in [6, 6.07) is 8.54. The summed E-state index contributed by atoms with van der Waals surface area (Å²) in [6.45, 7) is 2.05. The molecule has 5 heteroatoms. The number of benzene rings is 1. The van der Waals surface area contributed by atoms with Crippen molar-refractivity contribution in [2.45, 2.75) is 6.92 Å². The minimum atomic E-state index is -3.51. The van der Waals surface area contributed by atoms with Crippen molar-refractivity contribution in [1.29, 1.82) is 0 Å². The Hall–Kier alpha value is -1.07. The van der Waals surface area contributed by atoms with Gasteiger partial charge in [0.05, 0.1) is 5.69 Å². The minimum absolute atomic E-state index is 0.346. The Morgan fingerprint density at radius 1 is 1.31 bits per heavy atom. The Morgan fingerprint density at radius 3 is 2.46 bits per heavy atom. The molecule has 1 N–H and O–H groups in total. The summed E-state index contributed by atoms with van der Waals surface area (Å²) in [6.07, 6.45) is 0. The van der Waals surface area contributed by atoms with E-state index in [1.807, 2.05) is 0 Å². The maximum Gasteiger partial charge on any atom is 0.320 e. The number of hydrogen-bond acceptors (Lipinski definition) is 2. The van der Waals surface area contributed by atoms with Crippen molar-refractivity contribution in [3.05, 3.63) is 30.3 Å². The third kappa shape index (κ3) is 3.43. The van der Waals surface area contributed by atoms with Crippen LogP contribution in [0, 0.1) is 0 Å². The molecule has 0 unspecified atom stereocenters. The predicted octanol–water partition coefficient (Wildman–Crippen LogP) is 0.777. The van der Waals surface area contributed by atoms with Crippen molar-refractivity contribution in [2.75, 3.05) is 6.54 Å². The molecule has 0 aromatic heterocycles. The van der Waals surface area contributed by atoms with E-state index in [1.165, 1.54) is 0 Å². The molecule has 4 nitrogen and oxygen atoms in total. The van der Waals surface area contributed by atoms with Gasteiger partial charge in [0, 0.05) is 6.54 Å². The van der Waals surface area contributed by atoms with Crippen molar-refractivity contribution in [3.8, 4) is 0 Å². The highest BCUT2D eigenvalue weighted by molar-refractivity contribution is 7.87. The van der Waals surface area contributed by atoms with E-state index in [0.29, 0.717) is 12.2 Å². The van der Waals surface area contributed by atoms with E-state index in [9.17, 15) is 8.42 Å². The largest absolute Gasteiger partial charge is 0.320 e. The highest BCUT2D eigenvalue weighted by Crippen LogP contribution is 2.06. The van der Waals surface area contributed by atoms with Gasteiger partial charge in [-0.1, -0.05) is 25.1 Å². The van der Waals surface area contributed by atoms with Crippen LogP contribution >= 0.6 is 0 Å². The molecule has 0 aliphatic carbocycles. The van der Waals surface area contributed by atoms with Crippen LogP contribution in [0.4, 0.5) is 5.69 Å². The molecule has 0 amide bonds. The maximum atomic E-state index is 11.1. The summed E-state index contributed by atoms with van der Waals surface area (Å²) in [5.74, 6) is 0. The van der Waals surface area contributed by atoms with Crippen LogP contribution in [0.5, 0.6) is 0 Å². The van der Waals surface area contributed by atoms with Gasteiger partial charge in [-0.3, -0.25) is 0 Å². The molecule has 0 saturated carbocycles. The molecule has 1 aromatic rings. The summed E-state index contributed by atoms with van der Waals surface area (Å²) in [7, 11) is -3.51. The quantitative estimate of drug-likeness (QED) is 0.778. The average Bonchev–Trinajstić information content (AvgIpc) is 2.04. The number of nitrogens with zero attached hydrogens (tertiary/aromatic N) is 1. The summed E-state index contributed by atoms with van der Waals surface area (Å²) < 4.78 is 28.1. The molecule has 0 saturated heterocycles. The first kappa shape index (κ1) is 10.0. The number of hydrogen-bond donors (Lipinski definition) is 1. The van der Waals surface area contributed by atoms with Gasteiger partial charge in [0.1, 0.15) is 0 Å². The fraction of sp³-hybridized carbons (Fsp3) is 0.250. The van der Waals surface area contributed by atoms with Crippen molar-refractivity contribution < 1.29 is 8.42 Å². The Labute approximate surface area is 78.2 Å². The van der Waals surface area contributed by atoms with Crippen LogP contribution in [0.3, 0.4) is 0 Å². The van der Waals surface area contributed by atoms with E-state index in [0.717, 1.165) is 0 Å². The van der Waals surface area contributed by atoms with E-state index in [1.54, 1.807) is 37.3 Å². The topological polar surface area (TPSA) is 60.3 Å². The molecule has 1 rings (SSSR count). The van der Waals surface area contributed by atoms with Crippen molar-refractivity contribution in [1.82, 2.24) is 9.44 Å². The summed E-state index contributed by atoms with van der Waals surface area (Å²) in [5, 5.41) is 0. The highest BCUT2D eigenvalue weighted by Gasteiger charge is 2.09. The van der Waals surface area contributed by atoms with Gasteiger partial charge in [-0.15, -0.1) is 0 Å². The monoisotopic (exact) mass is 199 g/mol. The predicted molar refractivity (Wildman–Crippen MR) is 50.8 cm³/mol. The summed E-state index contributed by atoms with van der Waals surface area (Å²) >= 11 is 0. The minimum Gasteiger partial charge on any atom is -0.196 e. The Bertz CT molecular complexity index is 348. The molecule has 0 atom stereocenters. The van der Waals surface area contributed by atoms with Gasteiger partial charge >= 0.3 is 10.2 Å². The van der Waals surface area contributed by atoms with Gasteiger partial charge in [-0.2, -0.15) is 17.9 Å². The maximum absolute atomic E-state index is 11.1. The summed E-state index contributed by atoms with van der Waals surface area (Å²) in [5.41, 5.74) is 0.434. The zero-order chi connectivity index (χ0) is 9.73. The Kier molecular flexibility index (Phi) is 3.27. The van der Waals surface area contributed by atoms with Crippen molar-refractivity contribution in [2.24, 2.45) is 0 Å². The van der Waals surface area contributed by atoms with Gasteiger partial charge in [0.2, 0.25) is 0 Å². The van der Waals surface area contributed by atoms with Crippen LogP contribution in [0.25, 0.3) is 0 Å². The van der Waals surface area contributed by atoms with E-state index in [-0.39, 0.29) is 0 Å². The van der Waals surface area contributed by atoms with Gasteiger partial charge < -0.3 is 0 Å². The van der Waals surface area contributed by atoms with Gasteiger partial charge in [0.15, 0.2) is 0 Å². The lowest BCUT2D eigenvalue weighted by atomic mass is 10.3. The third-order valence-corrected chi connectivity index (χ3v) is 2.41. The fourth-order valence-corrected chi connectivity index (χ4v) is 1.67. The Balaban J connectivity index is 2.70. The first-order valence-corrected chi connectivity index (χ1v) is 5.36. The Morgan fingerprint density at radius 2 is 1.92 bits per heavy atom. The van der Waals surface area contributed by atoms with Gasteiger partial charge in [-0.05, 0) is 12.1 Å². The molecule has 0 fully saturated rings. The lowest BCUT2D eigenvalue weighted by Gasteiger charge is -2.03. The number of nitrogens with one attached hydrogen (secondary N) is 1. The molecule has 0 aliphatic rings. The van der Waals surface area contributed by atoms with Gasteiger partial charge in [-0.25, -0.2) is 0 Å². The van der Waals surface area contributed by atoms with E-state index < -0.39 is 10.2 Å². The van der Waals surface area contributed by atoms with Crippen LogP contribution in [0.2, 0.25) is 0 Å². The zero-order valence-corrected chi connectivity index (χ0v) is 8.08. The van der Waals surface area contributed by atoms with Crippen LogP contribution in [0.15, 0.2) is 30.3 Å². The second kappa shape index (κ2) is 4.25. The van der Waals surface area contributed by atoms with Crippen LogP contribution < -0.4 is 9.44 Å². The molecule has 13 heavy (non-hydrogen) atoms. The smallest absolute Gasteiger partial charge is 0.196 e. The SMILES string of the molecule is CCNS(=O)(=O)[N]c1ccccc1. The number of rotatable bonds is 4. The van der Waals surface area contributed by atoms with Gasteiger partial charge in [0.25, 0.3) is 0 Å². The highest BCUT2D eigenvalue weighted by atomic mass is 32.2. The van der Waals surface area contributed by atoms with E-state index >= 15 is 0 Å². The molecular weight excluding hydrogens is 188 g/mol. The molecule has 71 valence electrons. The lowest BCUT2D eigenvalue weighted by molar-refractivity contribution is 0.578. The molecule has 0 spiro atoms. The second-order valence-corrected chi connectivity index (χ2v) is 3.82. The van der Waals surface area contributed by atoms with Crippen molar-refractivity contribution in [3.63, 3.8) is 0 Å². The van der Waals surface area contributed by atoms with Crippen LogP contribution in [-0.4, -0.2) is 15.0 Å². The molecular formula is C8H11N2O2S. The first-order valence-electron chi connectivity index (χ1n) is 3.91. The average molecular weight is 199 g/mol. The first-order chi connectivity index (χ1) is 6.14. The summed E-state index contributed by atoms with van der Waals surface area (Å²) in [4.78, 5) is 0. The zero-order valence-electron chi connectivity index (χ0n) is 7.27. The van der Waals surface area contributed by atoms with Crippen molar-refractivity contribution >= 4 is 15.9 Å². The van der Waals surface area contributed by atoms with E-state index in [4.69, 9.17) is 0 Å². The fourth-order valence-electron chi connectivity index (χ4n) is 0.842. The normalized spacial score (nSPS) is 11.2. The molecule has 1 radical (unpaired) electrons. The second-order valence-electron chi connectivity index (χ2n) is 2.40. The van der Waals surface area contributed by atoms with Crippen LogP contribution in [-0.2, 0) is 10.2 Å². The standard InChI is InChI=1S/C8H11N2O2S/c1-2-9-13(11,12)10-8-6-4-3-5-7-8/h3-7,9H,2H2,1H3. The lowest BCUT2D eigenvalue weighted by Crippen LogP contribution is -2.29. The molecule has 0 aliphatic heterocycles. The third-order valence-electron chi connectivity index (χ3n) is 1.31. The van der Waals surface area contributed by atoms with Crippen LogP contribution in [0.1, 0.15) is 6.92 Å². The molecule has 1 aromatic carbocycles. The molecule has 0 bridgehead atoms. The molecule has 0 heterocycles.